The minimum Gasteiger partial charge on any atom is -0.435 e. The van der Waals surface area contributed by atoms with Crippen LogP contribution in [-0.4, -0.2) is 4.98 Å². The Morgan fingerprint density at radius 2 is 1.50 bits per heavy atom. The molecule has 5 heteroatoms. The van der Waals surface area contributed by atoms with Crippen molar-refractivity contribution in [3.05, 3.63) is 76.2 Å². The Morgan fingerprint density at radius 3 is 2.14 bits per heavy atom. The van der Waals surface area contributed by atoms with Gasteiger partial charge in [0.15, 0.2) is 5.76 Å². The van der Waals surface area contributed by atoms with Crippen LogP contribution in [0, 0.1) is 0 Å². The van der Waals surface area contributed by atoms with Crippen molar-refractivity contribution >= 4 is 45.9 Å². The van der Waals surface area contributed by atoms with Gasteiger partial charge in [0.1, 0.15) is 5.03 Å². The molecule has 0 aliphatic carbocycles. The zero-order valence-electron chi connectivity index (χ0n) is 11.3. The van der Waals surface area contributed by atoms with Gasteiger partial charge < -0.3 is 4.42 Å². The molecule has 0 fully saturated rings. The highest BCUT2D eigenvalue weighted by Gasteiger charge is 2.09. The SMILES string of the molecule is Cl/C(=C\c1ccc(Cl)cc1)c1ncc(-c2ccc(Cl)cc2)o1. The summed E-state index contributed by atoms with van der Waals surface area (Å²) in [6.45, 7) is 0. The van der Waals surface area contributed by atoms with Gasteiger partial charge in [-0.05, 0) is 48.0 Å². The lowest BCUT2D eigenvalue weighted by atomic mass is 10.2. The van der Waals surface area contributed by atoms with E-state index in [-0.39, 0.29) is 0 Å². The molecule has 110 valence electrons. The average Bonchev–Trinajstić information content (AvgIpc) is 3.00. The Bertz CT molecular complexity index is 805. The molecule has 1 aromatic heterocycles. The first kappa shape index (κ1) is 15.2. The van der Waals surface area contributed by atoms with Crippen molar-refractivity contribution in [2.24, 2.45) is 0 Å². The Labute approximate surface area is 143 Å². The van der Waals surface area contributed by atoms with Crippen LogP contribution in [0.2, 0.25) is 10.0 Å². The van der Waals surface area contributed by atoms with Gasteiger partial charge in [-0.2, -0.15) is 0 Å². The van der Waals surface area contributed by atoms with E-state index in [1.807, 2.05) is 24.3 Å². The third kappa shape index (κ3) is 3.53. The third-order valence-electron chi connectivity index (χ3n) is 3.00. The Morgan fingerprint density at radius 1 is 0.909 bits per heavy atom. The molecule has 3 aromatic rings. The van der Waals surface area contributed by atoms with E-state index in [1.165, 1.54) is 0 Å². The molecule has 0 amide bonds. The van der Waals surface area contributed by atoms with Crippen LogP contribution in [0.5, 0.6) is 0 Å². The molecule has 0 aliphatic heterocycles. The molecule has 0 radical (unpaired) electrons. The van der Waals surface area contributed by atoms with Crippen molar-refractivity contribution in [2.75, 3.05) is 0 Å². The Hall–Kier alpha value is -1.74. The van der Waals surface area contributed by atoms with Crippen LogP contribution in [0.15, 0.2) is 59.1 Å². The van der Waals surface area contributed by atoms with Crippen molar-refractivity contribution in [2.45, 2.75) is 0 Å². The molecule has 2 aromatic carbocycles. The highest BCUT2D eigenvalue weighted by Crippen LogP contribution is 2.27. The molecular weight excluding hydrogens is 341 g/mol. The second kappa shape index (κ2) is 6.57. The van der Waals surface area contributed by atoms with Crippen molar-refractivity contribution in [1.82, 2.24) is 4.98 Å². The molecule has 2 nitrogen and oxygen atoms in total. The number of nitrogens with zero attached hydrogens (tertiary/aromatic N) is 1. The summed E-state index contributed by atoms with van der Waals surface area (Å²) in [5.41, 5.74) is 1.81. The van der Waals surface area contributed by atoms with E-state index >= 15 is 0 Å². The summed E-state index contributed by atoms with van der Waals surface area (Å²) in [5, 5.41) is 1.76. The summed E-state index contributed by atoms with van der Waals surface area (Å²) in [7, 11) is 0. The highest BCUT2D eigenvalue weighted by molar-refractivity contribution is 6.50. The van der Waals surface area contributed by atoms with E-state index in [4.69, 9.17) is 39.2 Å². The molecular formula is C17H10Cl3NO. The zero-order chi connectivity index (χ0) is 15.5. The molecule has 0 spiro atoms. The Kier molecular flexibility index (Phi) is 4.53. The van der Waals surface area contributed by atoms with Gasteiger partial charge in [0, 0.05) is 15.6 Å². The van der Waals surface area contributed by atoms with Crippen molar-refractivity contribution in [3.63, 3.8) is 0 Å². The molecule has 0 saturated heterocycles. The summed E-state index contributed by atoms with van der Waals surface area (Å²) in [6.07, 6.45) is 3.41. The first-order valence-electron chi connectivity index (χ1n) is 6.47. The van der Waals surface area contributed by atoms with Crippen molar-refractivity contribution in [1.29, 1.82) is 0 Å². The number of hydrogen-bond acceptors (Lipinski definition) is 2. The molecule has 0 unspecified atom stereocenters. The van der Waals surface area contributed by atoms with Crippen LogP contribution in [-0.2, 0) is 0 Å². The van der Waals surface area contributed by atoms with E-state index in [0.717, 1.165) is 11.1 Å². The van der Waals surface area contributed by atoms with E-state index < -0.39 is 0 Å². The Balaban J connectivity index is 1.86. The molecule has 0 aliphatic rings. The van der Waals surface area contributed by atoms with Gasteiger partial charge in [0.25, 0.3) is 0 Å². The fourth-order valence-corrected chi connectivity index (χ4v) is 2.36. The monoisotopic (exact) mass is 349 g/mol. The summed E-state index contributed by atoms with van der Waals surface area (Å²) in [4.78, 5) is 4.20. The number of hydrogen-bond donors (Lipinski definition) is 0. The minimum absolute atomic E-state index is 0.363. The quantitative estimate of drug-likeness (QED) is 0.547. The van der Waals surface area contributed by atoms with Crippen LogP contribution in [0.25, 0.3) is 22.4 Å². The molecule has 1 heterocycles. The topological polar surface area (TPSA) is 26.0 Å². The number of oxazole rings is 1. The van der Waals surface area contributed by atoms with Gasteiger partial charge in [-0.3, -0.25) is 0 Å². The first-order valence-corrected chi connectivity index (χ1v) is 7.60. The summed E-state index contributed by atoms with van der Waals surface area (Å²) >= 11 is 18.0. The highest BCUT2D eigenvalue weighted by atomic mass is 35.5. The van der Waals surface area contributed by atoms with Crippen LogP contribution < -0.4 is 0 Å². The van der Waals surface area contributed by atoms with Gasteiger partial charge in [0.05, 0.1) is 6.20 Å². The fourth-order valence-electron chi connectivity index (χ4n) is 1.90. The second-order valence-electron chi connectivity index (χ2n) is 4.58. The molecule has 0 bridgehead atoms. The van der Waals surface area contributed by atoms with Crippen LogP contribution in [0.4, 0.5) is 0 Å². The van der Waals surface area contributed by atoms with Gasteiger partial charge >= 0.3 is 0 Å². The predicted octanol–water partition coefficient (Wildman–Crippen LogP) is 6.39. The number of aromatic nitrogens is 1. The van der Waals surface area contributed by atoms with E-state index in [0.29, 0.717) is 26.7 Å². The molecule has 22 heavy (non-hydrogen) atoms. The van der Waals surface area contributed by atoms with Crippen LogP contribution in [0.3, 0.4) is 0 Å². The smallest absolute Gasteiger partial charge is 0.238 e. The van der Waals surface area contributed by atoms with Gasteiger partial charge in [-0.25, -0.2) is 4.98 Å². The summed E-state index contributed by atoms with van der Waals surface area (Å²) in [5.74, 6) is 0.996. The molecule has 3 rings (SSSR count). The van der Waals surface area contributed by atoms with Crippen LogP contribution >= 0.6 is 34.8 Å². The zero-order valence-corrected chi connectivity index (χ0v) is 13.5. The van der Waals surface area contributed by atoms with Gasteiger partial charge in [0.2, 0.25) is 5.89 Å². The van der Waals surface area contributed by atoms with E-state index in [9.17, 15) is 0 Å². The van der Waals surface area contributed by atoms with Gasteiger partial charge in [-0.1, -0.05) is 46.9 Å². The maximum absolute atomic E-state index is 6.26. The number of rotatable bonds is 3. The minimum atomic E-state index is 0.363. The van der Waals surface area contributed by atoms with Crippen molar-refractivity contribution < 1.29 is 4.42 Å². The maximum Gasteiger partial charge on any atom is 0.238 e. The maximum atomic E-state index is 6.26. The van der Waals surface area contributed by atoms with E-state index in [1.54, 1.807) is 36.5 Å². The molecule has 0 N–H and O–H groups in total. The lowest BCUT2D eigenvalue weighted by Gasteiger charge is -1.97. The molecule has 0 atom stereocenters. The second-order valence-corrected chi connectivity index (χ2v) is 5.86. The predicted molar refractivity (Wildman–Crippen MR) is 92.1 cm³/mol. The van der Waals surface area contributed by atoms with Crippen molar-refractivity contribution in [3.8, 4) is 11.3 Å². The standard InChI is InChI=1S/C17H10Cl3NO/c18-13-5-1-11(2-6-13)9-15(20)17-21-10-16(22-17)12-3-7-14(19)8-4-12/h1-10H/b15-9-. The first-order chi connectivity index (χ1) is 10.6. The lowest BCUT2D eigenvalue weighted by molar-refractivity contribution is 0.559. The summed E-state index contributed by atoms with van der Waals surface area (Å²) in [6, 6.07) is 14.7. The lowest BCUT2D eigenvalue weighted by Crippen LogP contribution is -1.77. The van der Waals surface area contributed by atoms with Gasteiger partial charge in [-0.15, -0.1) is 0 Å². The molecule has 0 saturated carbocycles. The largest absolute Gasteiger partial charge is 0.435 e. The number of benzene rings is 2. The van der Waals surface area contributed by atoms with Crippen LogP contribution in [0.1, 0.15) is 11.5 Å². The fraction of sp³-hybridized carbons (Fsp3) is 0. The normalized spacial score (nSPS) is 11.7. The summed E-state index contributed by atoms with van der Waals surface area (Å²) < 4.78 is 5.69. The number of halogens is 3. The van der Waals surface area contributed by atoms with E-state index in [2.05, 4.69) is 4.98 Å². The third-order valence-corrected chi connectivity index (χ3v) is 3.78. The average molecular weight is 351 g/mol.